The van der Waals surface area contributed by atoms with E-state index in [1.165, 1.54) is 16.9 Å². The van der Waals surface area contributed by atoms with Gasteiger partial charge in [0, 0.05) is 36.0 Å². The number of aryl methyl sites for hydroxylation is 1. The number of pyridine rings is 1. The molecule has 0 aliphatic heterocycles. The number of nitrogens with one attached hydrogen (secondary N) is 2. The molecule has 0 radical (unpaired) electrons. The molecule has 3 N–H and O–H groups in total. The monoisotopic (exact) mass is 501 g/mol. The summed E-state index contributed by atoms with van der Waals surface area (Å²) >= 11 is 5.99. The first-order chi connectivity index (χ1) is 17.4. The first-order valence-corrected chi connectivity index (χ1v) is 12.0. The second-order valence-electron chi connectivity index (χ2n) is 8.81. The second kappa shape index (κ2) is 9.83. The zero-order chi connectivity index (χ0) is 25.2. The van der Waals surface area contributed by atoms with Gasteiger partial charge in [0.2, 0.25) is 0 Å². The molecule has 182 valence electrons. The van der Waals surface area contributed by atoms with E-state index in [2.05, 4.69) is 20.7 Å². The Kier molecular flexibility index (Phi) is 6.43. The van der Waals surface area contributed by atoms with Crippen LogP contribution in [0.15, 0.2) is 66.9 Å². The van der Waals surface area contributed by atoms with Gasteiger partial charge in [-0.2, -0.15) is 9.78 Å². The van der Waals surface area contributed by atoms with Crippen LogP contribution < -0.4 is 10.6 Å². The predicted molar refractivity (Wildman–Crippen MR) is 137 cm³/mol. The molecule has 2 aromatic carbocycles. The van der Waals surface area contributed by atoms with Crippen molar-refractivity contribution in [2.45, 2.75) is 32.2 Å². The fourth-order valence-electron chi connectivity index (χ4n) is 3.90. The molecule has 0 unspecified atom stereocenters. The van der Waals surface area contributed by atoms with E-state index in [0.29, 0.717) is 23.5 Å². The lowest BCUT2D eigenvalue weighted by atomic mass is 10.1. The average molecular weight is 502 g/mol. The third kappa shape index (κ3) is 5.08. The minimum Gasteiger partial charge on any atom is -0.507 e. The number of benzene rings is 2. The van der Waals surface area contributed by atoms with Gasteiger partial charge in [0.05, 0.1) is 17.0 Å². The number of hydrogen-bond acceptors (Lipinski definition) is 5. The summed E-state index contributed by atoms with van der Waals surface area (Å²) in [6.45, 7) is 2.40. The summed E-state index contributed by atoms with van der Waals surface area (Å²) in [5.41, 5.74) is 4.52. The molecule has 1 aliphatic rings. The maximum Gasteiger partial charge on any atom is 0.342 e. The third-order valence-electron chi connectivity index (χ3n) is 6.02. The van der Waals surface area contributed by atoms with Crippen LogP contribution in [0.5, 0.6) is 5.75 Å². The summed E-state index contributed by atoms with van der Waals surface area (Å²) in [6.07, 6.45) is 3.48. The minimum absolute atomic E-state index is 0.0721. The highest BCUT2D eigenvalue weighted by Gasteiger charge is 2.30. The molecule has 0 spiro atoms. The Balaban J connectivity index is 1.34. The maximum absolute atomic E-state index is 13.0. The topological polar surface area (TPSA) is 109 Å². The summed E-state index contributed by atoms with van der Waals surface area (Å²) in [4.78, 5) is 29.4. The summed E-state index contributed by atoms with van der Waals surface area (Å²) in [5.74, 6) is -0.246. The number of carbonyl (C=O) groups excluding carboxylic acids is 2. The van der Waals surface area contributed by atoms with Crippen molar-refractivity contribution >= 4 is 29.2 Å². The van der Waals surface area contributed by atoms with E-state index in [-0.39, 0.29) is 28.4 Å². The van der Waals surface area contributed by atoms with Gasteiger partial charge in [0.25, 0.3) is 5.91 Å². The normalized spacial score (nSPS) is 12.8. The fraction of sp³-hybridized carbons (Fsp3) is 0.185. The Hall–Kier alpha value is -4.17. The van der Waals surface area contributed by atoms with Crippen LogP contribution in [-0.2, 0) is 6.54 Å². The number of halogens is 1. The van der Waals surface area contributed by atoms with Gasteiger partial charge in [-0.25, -0.2) is 9.78 Å². The van der Waals surface area contributed by atoms with Gasteiger partial charge in [0.1, 0.15) is 10.9 Å². The Morgan fingerprint density at radius 2 is 1.89 bits per heavy atom. The molecular formula is C27H24ClN5O3. The first-order valence-electron chi connectivity index (χ1n) is 11.6. The van der Waals surface area contributed by atoms with Crippen molar-refractivity contribution in [2.24, 2.45) is 0 Å². The Morgan fingerprint density at radius 3 is 2.58 bits per heavy atom. The Morgan fingerprint density at radius 1 is 1.11 bits per heavy atom. The van der Waals surface area contributed by atoms with Crippen molar-refractivity contribution in [3.05, 3.63) is 94.4 Å². The van der Waals surface area contributed by atoms with E-state index < -0.39 is 5.91 Å². The highest BCUT2D eigenvalue weighted by atomic mass is 35.5. The molecule has 4 aromatic rings. The Bertz CT molecular complexity index is 1440. The van der Waals surface area contributed by atoms with Gasteiger partial charge >= 0.3 is 6.03 Å². The van der Waals surface area contributed by atoms with Crippen LogP contribution in [-0.4, -0.2) is 31.8 Å². The number of aromatic hydroxyl groups is 1. The number of aromatic nitrogens is 3. The lowest BCUT2D eigenvalue weighted by molar-refractivity contribution is 0.102. The van der Waals surface area contributed by atoms with Crippen molar-refractivity contribution in [1.29, 1.82) is 0 Å². The largest absolute Gasteiger partial charge is 0.507 e. The zero-order valence-corrected chi connectivity index (χ0v) is 20.3. The van der Waals surface area contributed by atoms with Gasteiger partial charge in [-0.3, -0.25) is 4.79 Å². The average Bonchev–Trinajstić information content (AvgIpc) is 3.62. The van der Waals surface area contributed by atoms with Crippen LogP contribution >= 0.6 is 11.6 Å². The molecule has 1 aliphatic carbocycles. The number of rotatable bonds is 6. The van der Waals surface area contributed by atoms with E-state index in [0.717, 1.165) is 29.7 Å². The molecule has 2 heterocycles. The van der Waals surface area contributed by atoms with Crippen molar-refractivity contribution in [3.63, 3.8) is 0 Å². The molecule has 0 atom stereocenters. The van der Waals surface area contributed by atoms with E-state index in [1.807, 2.05) is 37.3 Å². The SMILES string of the molecule is Cc1ccc(CNC(=O)n2nc(-c3ccc(NC(=O)c4cccnc4Cl)cc3O)cc2C2CC2)cc1. The number of phenolic OH excluding ortho intramolecular Hbond substituents is 1. The van der Waals surface area contributed by atoms with Crippen LogP contribution in [0.3, 0.4) is 0 Å². The van der Waals surface area contributed by atoms with Crippen molar-refractivity contribution in [3.8, 4) is 17.0 Å². The lowest BCUT2D eigenvalue weighted by Gasteiger charge is -2.09. The maximum atomic E-state index is 13.0. The van der Waals surface area contributed by atoms with Crippen LogP contribution in [0.4, 0.5) is 10.5 Å². The van der Waals surface area contributed by atoms with Crippen LogP contribution in [0.25, 0.3) is 11.3 Å². The molecule has 1 fully saturated rings. The molecule has 0 saturated heterocycles. The van der Waals surface area contributed by atoms with Crippen LogP contribution in [0.1, 0.15) is 45.9 Å². The molecule has 0 bridgehead atoms. The number of anilines is 1. The molecule has 9 heteroatoms. The molecule has 2 amide bonds. The van der Waals surface area contributed by atoms with Gasteiger partial charge in [0.15, 0.2) is 0 Å². The molecule has 36 heavy (non-hydrogen) atoms. The number of phenols is 1. The van der Waals surface area contributed by atoms with E-state index in [9.17, 15) is 14.7 Å². The standard InChI is InChI=1S/C27H24ClN5O3/c1-16-4-6-17(7-5-16)15-30-27(36)33-23(18-8-9-18)14-22(32-33)20-11-10-19(13-24(20)34)31-26(35)21-3-2-12-29-25(21)28/h2-7,10-14,18,34H,8-9,15H2,1H3,(H,30,36)(H,31,35). The van der Waals surface area contributed by atoms with Crippen molar-refractivity contribution in [2.75, 3.05) is 5.32 Å². The summed E-state index contributed by atoms with van der Waals surface area (Å²) in [6, 6.07) is 17.4. The van der Waals surface area contributed by atoms with Gasteiger partial charge in [-0.05, 0) is 55.7 Å². The van der Waals surface area contributed by atoms with Gasteiger partial charge in [-0.1, -0.05) is 41.4 Å². The zero-order valence-electron chi connectivity index (χ0n) is 19.5. The van der Waals surface area contributed by atoms with E-state index in [1.54, 1.807) is 24.3 Å². The number of carbonyl (C=O) groups is 2. The van der Waals surface area contributed by atoms with Crippen LogP contribution in [0, 0.1) is 6.92 Å². The third-order valence-corrected chi connectivity index (χ3v) is 6.33. The second-order valence-corrected chi connectivity index (χ2v) is 9.17. The Labute approximate surface area is 212 Å². The highest BCUT2D eigenvalue weighted by Crippen LogP contribution is 2.42. The molecule has 8 nitrogen and oxygen atoms in total. The minimum atomic E-state index is -0.439. The highest BCUT2D eigenvalue weighted by molar-refractivity contribution is 6.33. The van der Waals surface area contributed by atoms with Gasteiger partial charge in [-0.15, -0.1) is 0 Å². The quantitative estimate of drug-likeness (QED) is 0.302. The van der Waals surface area contributed by atoms with E-state index >= 15 is 0 Å². The molecule has 1 saturated carbocycles. The van der Waals surface area contributed by atoms with E-state index in [4.69, 9.17) is 11.6 Å². The lowest BCUT2D eigenvalue weighted by Crippen LogP contribution is -2.30. The summed E-state index contributed by atoms with van der Waals surface area (Å²) in [5, 5.41) is 20.9. The summed E-state index contributed by atoms with van der Waals surface area (Å²) < 4.78 is 1.39. The molecule has 5 rings (SSSR count). The summed E-state index contributed by atoms with van der Waals surface area (Å²) in [7, 11) is 0. The number of nitrogens with zero attached hydrogens (tertiary/aromatic N) is 3. The number of hydrogen-bond donors (Lipinski definition) is 3. The first kappa shape index (κ1) is 23.6. The predicted octanol–water partition coefficient (Wildman–Crippen LogP) is 5.50. The van der Waals surface area contributed by atoms with Crippen molar-refractivity contribution < 1.29 is 14.7 Å². The van der Waals surface area contributed by atoms with Crippen LogP contribution in [0.2, 0.25) is 5.15 Å². The molecular weight excluding hydrogens is 478 g/mol. The smallest absolute Gasteiger partial charge is 0.342 e. The number of amides is 2. The fourth-order valence-corrected chi connectivity index (χ4v) is 4.10. The van der Waals surface area contributed by atoms with Gasteiger partial charge < -0.3 is 15.7 Å². The van der Waals surface area contributed by atoms with Crippen molar-refractivity contribution in [1.82, 2.24) is 20.1 Å². The molecule has 2 aromatic heterocycles.